The van der Waals surface area contributed by atoms with E-state index in [1.807, 2.05) is 0 Å². The van der Waals surface area contributed by atoms with Gasteiger partial charge in [0.2, 0.25) is 0 Å². The minimum Gasteiger partial charge on any atom is -0.297 e. The molecule has 1 aliphatic rings. The van der Waals surface area contributed by atoms with E-state index >= 15 is 0 Å². The zero-order valence-electron chi connectivity index (χ0n) is 9.87. The first-order valence-corrected chi connectivity index (χ1v) is 6.08. The molecule has 1 fully saturated rings. The highest BCUT2D eigenvalue weighted by atomic mass is 15.2. The van der Waals surface area contributed by atoms with Gasteiger partial charge in [-0.2, -0.15) is 0 Å². The molecule has 0 bridgehead atoms. The molecule has 1 unspecified atom stereocenters. The second kappa shape index (κ2) is 4.80. The Morgan fingerprint density at radius 2 is 1.73 bits per heavy atom. The Hall–Kier alpha value is -0.820. The van der Waals surface area contributed by atoms with E-state index in [2.05, 4.69) is 43.0 Å². The second-order valence-electron chi connectivity index (χ2n) is 4.63. The van der Waals surface area contributed by atoms with Gasteiger partial charge in [0.1, 0.15) is 0 Å². The molecule has 1 nitrogen and oxygen atoms in total. The summed E-state index contributed by atoms with van der Waals surface area (Å²) in [7, 11) is 0. The lowest BCUT2D eigenvalue weighted by Gasteiger charge is -2.33. The van der Waals surface area contributed by atoms with Gasteiger partial charge in [0.05, 0.1) is 0 Å². The molecule has 1 heteroatoms. The Balaban J connectivity index is 2.12. The zero-order chi connectivity index (χ0) is 10.7. The quantitative estimate of drug-likeness (QED) is 0.710. The molecule has 1 aromatic rings. The van der Waals surface area contributed by atoms with Gasteiger partial charge in [-0.15, -0.1) is 0 Å². The van der Waals surface area contributed by atoms with Crippen LogP contribution in [-0.4, -0.2) is 18.0 Å². The van der Waals surface area contributed by atoms with Crippen molar-refractivity contribution in [2.45, 2.75) is 39.2 Å². The van der Waals surface area contributed by atoms with Crippen molar-refractivity contribution in [1.82, 2.24) is 4.90 Å². The molecular weight excluding hydrogens is 182 g/mol. The van der Waals surface area contributed by atoms with E-state index in [4.69, 9.17) is 0 Å². The molecule has 0 aliphatic carbocycles. The normalized spacial score (nSPS) is 20.1. The van der Waals surface area contributed by atoms with Crippen LogP contribution >= 0.6 is 0 Å². The largest absolute Gasteiger partial charge is 0.297 e. The average Bonchev–Trinajstić information content (AvgIpc) is 2.30. The highest BCUT2D eigenvalue weighted by molar-refractivity contribution is 5.28. The summed E-state index contributed by atoms with van der Waals surface area (Å²) in [6.45, 7) is 7.11. The molecule has 82 valence electrons. The summed E-state index contributed by atoms with van der Waals surface area (Å²) < 4.78 is 0. The van der Waals surface area contributed by atoms with Crippen LogP contribution in [0.25, 0.3) is 0 Å². The van der Waals surface area contributed by atoms with Crippen LogP contribution in [0.15, 0.2) is 24.3 Å². The minimum absolute atomic E-state index is 0.589. The maximum Gasteiger partial charge on any atom is 0.0322 e. The van der Waals surface area contributed by atoms with E-state index in [0.717, 1.165) is 0 Å². The third-order valence-electron chi connectivity index (χ3n) is 3.58. The van der Waals surface area contributed by atoms with Crippen molar-refractivity contribution in [3.63, 3.8) is 0 Å². The molecular formula is C14H21N. The molecule has 0 amide bonds. The van der Waals surface area contributed by atoms with Crippen molar-refractivity contribution in [3.05, 3.63) is 35.4 Å². The van der Waals surface area contributed by atoms with E-state index in [-0.39, 0.29) is 0 Å². The number of nitrogens with zero attached hydrogens (tertiary/aromatic N) is 1. The van der Waals surface area contributed by atoms with Crippen molar-refractivity contribution >= 4 is 0 Å². The van der Waals surface area contributed by atoms with Crippen molar-refractivity contribution < 1.29 is 0 Å². The van der Waals surface area contributed by atoms with Crippen molar-refractivity contribution in [2.75, 3.05) is 13.1 Å². The third kappa shape index (κ3) is 2.40. The molecule has 1 atom stereocenters. The Labute approximate surface area is 93.1 Å². The molecule has 0 N–H and O–H groups in total. The lowest BCUT2D eigenvalue weighted by atomic mass is 9.99. The van der Waals surface area contributed by atoms with Crippen LogP contribution in [0.1, 0.15) is 43.4 Å². The van der Waals surface area contributed by atoms with Crippen LogP contribution in [0.4, 0.5) is 0 Å². The molecule has 1 aliphatic heterocycles. The molecule has 1 aromatic carbocycles. The van der Waals surface area contributed by atoms with Crippen LogP contribution in [0.3, 0.4) is 0 Å². The van der Waals surface area contributed by atoms with Gasteiger partial charge in [0.15, 0.2) is 0 Å². The van der Waals surface area contributed by atoms with Crippen LogP contribution in [0, 0.1) is 6.92 Å². The van der Waals surface area contributed by atoms with E-state index in [1.165, 1.54) is 43.5 Å². The number of rotatable bonds is 2. The van der Waals surface area contributed by atoms with Gasteiger partial charge in [0.25, 0.3) is 0 Å². The van der Waals surface area contributed by atoms with Crippen molar-refractivity contribution in [3.8, 4) is 0 Å². The Kier molecular flexibility index (Phi) is 3.42. The van der Waals surface area contributed by atoms with Gasteiger partial charge >= 0.3 is 0 Å². The molecule has 15 heavy (non-hydrogen) atoms. The number of aryl methyl sites for hydroxylation is 1. The first kappa shape index (κ1) is 10.7. The molecule has 0 aromatic heterocycles. The fourth-order valence-corrected chi connectivity index (χ4v) is 2.56. The molecule has 0 radical (unpaired) electrons. The lowest BCUT2D eigenvalue weighted by Crippen LogP contribution is -2.32. The van der Waals surface area contributed by atoms with Crippen LogP contribution in [-0.2, 0) is 0 Å². The monoisotopic (exact) mass is 203 g/mol. The van der Waals surface area contributed by atoms with Crippen LogP contribution in [0.2, 0.25) is 0 Å². The number of hydrogen-bond acceptors (Lipinski definition) is 1. The van der Waals surface area contributed by atoms with Crippen molar-refractivity contribution in [1.29, 1.82) is 0 Å². The minimum atomic E-state index is 0.589. The maximum atomic E-state index is 2.62. The summed E-state index contributed by atoms with van der Waals surface area (Å²) in [5.41, 5.74) is 2.93. The van der Waals surface area contributed by atoms with Gasteiger partial charge in [0, 0.05) is 6.04 Å². The Morgan fingerprint density at radius 3 is 2.40 bits per heavy atom. The SMILES string of the molecule is Cc1ccccc1C(C)N1CCCCC1. The molecule has 0 spiro atoms. The summed E-state index contributed by atoms with van der Waals surface area (Å²) in [5.74, 6) is 0. The van der Waals surface area contributed by atoms with Gasteiger partial charge in [-0.3, -0.25) is 4.90 Å². The van der Waals surface area contributed by atoms with Gasteiger partial charge < -0.3 is 0 Å². The predicted octanol–water partition coefficient (Wildman–Crippen LogP) is 3.54. The number of hydrogen-bond donors (Lipinski definition) is 0. The summed E-state index contributed by atoms with van der Waals surface area (Å²) in [4.78, 5) is 2.62. The summed E-state index contributed by atoms with van der Waals surface area (Å²) >= 11 is 0. The standard InChI is InChI=1S/C14H21N/c1-12-8-4-5-9-14(12)13(2)15-10-6-3-7-11-15/h4-5,8-9,13H,3,6-7,10-11H2,1-2H3. The average molecular weight is 203 g/mol. The van der Waals surface area contributed by atoms with E-state index in [1.54, 1.807) is 0 Å². The van der Waals surface area contributed by atoms with Gasteiger partial charge in [-0.05, 0) is 50.9 Å². The molecule has 1 saturated heterocycles. The number of likely N-dealkylation sites (tertiary alicyclic amines) is 1. The van der Waals surface area contributed by atoms with Crippen LogP contribution in [0.5, 0.6) is 0 Å². The maximum absolute atomic E-state index is 2.62. The first-order valence-electron chi connectivity index (χ1n) is 6.08. The summed E-state index contributed by atoms with van der Waals surface area (Å²) in [5, 5.41) is 0. The van der Waals surface area contributed by atoms with Crippen molar-refractivity contribution in [2.24, 2.45) is 0 Å². The zero-order valence-corrected chi connectivity index (χ0v) is 9.87. The van der Waals surface area contributed by atoms with E-state index in [9.17, 15) is 0 Å². The van der Waals surface area contributed by atoms with Gasteiger partial charge in [-0.25, -0.2) is 0 Å². The fraction of sp³-hybridized carbons (Fsp3) is 0.571. The number of benzene rings is 1. The number of piperidine rings is 1. The summed E-state index contributed by atoms with van der Waals surface area (Å²) in [6, 6.07) is 9.36. The van der Waals surface area contributed by atoms with E-state index < -0.39 is 0 Å². The van der Waals surface area contributed by atoms with E-state index in [0.29, 0.717) is 6.04 Å². The Morgan fingerprint density at radius 1 is 1.07 bits per heavy atom. The third-order valence-corrected chi connectivity index (χ3v) is 3.58. The predicted molar refractivity (Wildman–Crippen MR) is 65.0 cm³/mol. The highest BCUT2D eigenvalue weighted by Crippen LogP contribution is 2.25. The molecule has 0 saturated carbocycles. The Bertz CT molecular complexity index is 313. The van der Waals surface area contributed by atoms with Gasteiger partial charge in [-0.1, -0.05) is 30.7 Å². The first-order chi connectivity index (χ1) is 7.29. The lowest BCUT2D eigenvalue weighted by molar-refractivity contribution is 0.174. The van der Waals surface area contributed by atoms with Crippen LogP contribution < -0.4 is 0 Å². The highest BCUT2D eigenvalue weighted by Gasteiger charge is 2.18. The topological polar surface area (TPSA) is 3.24 Å². The smallest absolute Gasteiger partial charge is 0.0322 e. The molecule has 1 heterocycles. The second-order valence-corrected chi connectivity index (χ2v) is 4.63. The summed E-state index contributed by atoms with van der Waals surface area (Å²) in [6.07, 6.45) is 4.16. The fourth-order valence-electron chi connectivity index (χ4n) is 2.56. The molecule has 2 rings (SSSR count).